The van der Waals surface area contributed by atoms with Gasteiger partial charge in [0.05, 0.1) is 28.4 Å². The largest absolute Gasteiger partial charge is 0.483 e. The number of ether oxygens (including phenoxy) is 4. The maximum Gasteiger partial charge on any atom is 0.209 e. The molecule has 4 atom stereocenters. The Hall–Kier alpha value is -2.12. The average Bonchev–Trinajstić information content (AvgIpc) is 2.77. The van der Waals surface area contributed by atoms with Crippen LogP contribution in [-0.4, -0.2) is 76.2 Å². The van der Waals surface area contributed by atoms with Gasteiger partial charge in [0.25, 0.3) is 0 Å². The number of aliphatic imine (C=N–C) groups is 4. The van der Waals surface area contributed by atoms with Gasteiger partial charge in [0.1, 0.15) is 24.2 Å². The fourth-order valence-corrected chi connectivity index (χ4v) is 3.95. The predicted octanol–water partition coefficient (Wildman–Crippen LogP) is 3.93. The van der Waals surface area contributed by atoms with E-state index in [-0.39, 0.29) is 24.2 Å². The summed E-state index contributed by atoms with van der Waals surface area (Å²) in [5, 5.41) is 0. The molecule has 0 aromatic heterocycles. The average molecular weight is 437 g/mol. The van der Waals surface area contributed by atoms with Gasteiger partial charge in [0.2, 0.25) is 23.6 Å². The van der Waals surface area contributed by atoms with E-state index in [2.05, 4.69) is 27.7 Å². The van der Waals surface area contributed by atoms with Crippen LogP contribution in [0.2, 0.25) is 0 Å². The molecule has 8 heteroatoms. The highest BCUT2D eigenvalue weighted by Gasteiger charge is 2.32. The van der Waals surface area contributed by atoms with Crippen molar-refractivity contribution in [1.82, 2.24) is 0 Å². The van der Waals surface area contributed by atoms with E-state index in [1.165, 1.54) is 0 Å². The molecule has 31 heavy (non-hydrogen) atoms. The summed E-state index contributed by atoms with van der Waals surface area (Å²) in [7, 11) is 6.66. The van der Waals surface area contributed by atoms with Gasteiger partial charge in [-0.25, -0.2) is 20.0 Å². The molecular weight excluding hydrogens is 396 g/mol. The van der Waals surface area contributed by atoms with Crippen molar-refractivity contribution in [1.29, 1.82) is 0 Å². The molecule has 0 saturated heterocycles. The van der Waals surface area contributed by atoms with Crippen LogP contribution >= 0.6 is 0 Å². The molecule has 176 valence electrons. The molecule has 0 fully saturated rings. The van der Waals surface area contributed by atoms with Crippen molar-refractivity contribution in [3.05, 3.63) is 0 Å². The molecule has 0 saturated carbocycles. The van der Waals surface area contributed by atoms with Crippen LogP contribution in [0.25, 0.3) is 0 Å². The topological polar surface area (TPSA) is 86.4 Å². The Labute approximate surface area is 187 Å². The first-order valence-electron chi connectivity index (χ1n) is 11.3. The molecule has 0 unspecified atom stereocenters. The van der Waals surface area contributed by atoms with Gasteiger partial charge in [-0.3, -0.25) is 0 Å². The molecule has 2 aliphatic rings. The normalized spacial score (nSPS) is 26.1. The molecular formula is C23H40N4O4. The van der Waals surface area contributed by atoms with Crippen molar-refractivity contribution in [3.63, 3.8) is 0 Å². The van der Waals surface area contributed by atoms with E-state index in [4.69, 9.17) is 38.9 Å². The lowest BCUT2D eigenvalue weighted by Gasteiger charge is -2.27. The Morgan fingerprint density at radius 1 is 0.548 bits per heavy atom. The highest BCUT2D eigenvalue weighted by Crippen LogP contribution is 2.23. The summed E-state index contributed by atoms with van der Waals surface area (Å²) < 4.78 is 22.1. The number of hydrogen-bond donors (Lipinski definition) is 0. The molecule has 0 amide bonds. The van der Waals surface area contributed by atoms with Crippen LogP contribution in [0, 0.1) is 11.8 Å². The third-order valence-corrected chi connectivity index (χ3v) is 5.73. The van der Waals surface area contributed by atoms with Crippen LogP contribution < -0.4 is 0 Å². The lowest BCUT2D eigenvalue weighted by molar-refractivity contribution is 0.326. The SMILES string of the molecule is COC1=N[C@H](C(C)C)C(OC)=N[C@H]1CCCCC[C@@H]1N=C(OC)[C@@H](C(C)C)N=C1OC. The van der Waals surface area contributed by atoms with Crippen LogP contribution in [0.1, 0.15) is 59.8 Å². The van der Waals surface area contributed by atoms with E-state index < -0.39 is 0 Å². The third-order valence-electron chi connectivity index (χ3n) is 5.73. The summed E-state index contributed by atoms with van der Waals surface area (Å²) in [5.74, 6) is 3.43. The van der Waals surface area contributed by atoms with Crippen molar-refractivity contribution in [2.24, 2.45) is 31.8 Å². The van der Waals surface area contributed by atoms with Crippen LogP contribution in [0.3, 0.4) is 0 Å². The zero-order chi connectivity index (χ0) is 23.0. The van der Waals surface area contributed by atoms with Crippen molar-refractivity contribution in [3.8, 4) is 0 Å². The van der Waals surface area contributed by atoms with Crippen LogP contribution in [0.15, 0.2) is 20.0 Å². The Kier molecular flexibility index (Phi) is 9.78. The standard InChI is InChI=1S/C23H40N4O4/c1-14(2)18-22(30-7)24-16(20(26-18)28-5)12-10-9-11-13-17-21(29-6)27-19(15(3)4)23(25-17)31-8/h14-19H,9-13H2,1-8H3/t16-,17-,18+,19+/m0/s1. The van der Waals surface area contributed by atoms with E-state index in [1.807, 2.05) is 0 Å². The molecule has 0 aromatic rings. The summed E-state index contributed by atoms with van der Waals surface area (Å²) in [6.07, 6.45) is 4.84. The summed E-state index contributed by atoms with van der Waals surface area (Å²) in [6.45, 7) is 8.44. The second-order valence-electron chi connectivity index (χ2n) is 8.73. The van der Waals surface area contributed by atoms with Crippen molar-refractivity contribution in [2.75, 3.05) is 28.4 Å². The molecule has 0 N–H and O–H groups in total. The monoisotopic (exact) mass is 436 g/mol. The van der Waals surface area contributed by atoms with E-state index in [9.17, 15) is 0 Å². The molecule has 2 heterocycles. The molecule has 0 bridgehead atoms. The van der Waals surface area contributed by atoms with Crippen LogP contribution in [-0.2, 0) is 18.9 Å². The Morgan fingerprint density at radius 3 is 1.19 bits per heavy atom. The molecule has 2 aliphatic heterocycles. The summed E-state index contributed by atoms with van der Waals surface area (Å²) in [6, 6.07) is -0.301. The molecule has 0 aromatic carbocycles. The van der Waals surface area contributed by atoms with Gasteiger partial charge in [-0.1, -0.05) is 47.0 Å². The number of methoxy groups -OCH3 is 4. The van der Waals surface area contributed by atoms with E-state index >= 15 is 0 Å². The quantitative estimate of drug-likeness (QED) is 0.540. The zero-order valence-corrected chi connectivity index (χ0v) is 20.4. The molecule has 0 aliphatic carbocycles. The number of rotatable bonds is 8. The van der Waals surface area contributed by atoms with Crippen molar-refractivity contribution in [2.45, 2.75) is 84.0 Å². The molecule has 8 nitrogen and oxygen atoms in total. The first-order valence-corrected chi connectivity index (χ1v) is 11.3. The van der Waals surface area contributed by atoms with Gasteiger partial charge in [-0.05, 0) is 24.7 Å². The first-order chi connectivity index (χ1) is 14.9. The first kappa shape index (κ1) is 25.1. The molecule has 0 radical (unpaired) electrons. The molecule has 2 rings (SSSR count). The van der Waals surface area contributed by atoms with E-state index in [0.717, 1.165) is 32.1 Å². The fraction of sp³-hybridized carbons (Fsp3) is 0.826. The van der Waals surface area contributed by atoms with Crippen molar-refractivity contribution >= 4 is 23.6 Å². The summed E-state index contributed by atoms with van der Waals surface area (Å²) >= 11 is 0. The van der Waals surface area contributed by atoms with Gasteiger partial charge in [-0.2, -0.15) is 0 Å². The van der Waals surface area contributed by atoms with E-state index in [1.54, 1.807) is 28.4 Å². The molecule has 0 spiro atoms. The third kappa shape index (κ3) is 6.43. The minimum Gasteiger partial charge on any atom is -0.483 e. The van der Waals surface area contributed by atoms with Gasteiger partial charge in [0.15, 0.2) is 0 Å². The smallest absolute Gasteiger partial charge is 0.209 e. The lowest BCUT2D eigenvalue weighted by atomic mass is 9.99. The lowest BCUT2D eigenvalue weighted by Crippen LogP contribution is -2.37. The minimum absolute atomic E-state index is 0.0724. The Morgan fingerprint density at radius 2 is 0.903 bits per heavy atom. The van der Waals surface area contributed by atoms with Gasteiger partial charge >= 0.3 is 0 Å². The summed E-state index contributed by atoms with van der Waals surface area (Å²) in [5.41, 5.74) is 0. The zero-order valence-electron chi connectivity index (χ0n) is 20.4. The predicted molar refractivity (Wildman–Crippen MR) is 126 cm³/mol. The second-order valence-corrected chi connectivity index (χ2v) is 8.73. The maximum atomic E-state index is 5.53. The summed E-state index contributed by atoms with van der Waals surface area (Å²) in [4.78, 5) is 19.0. The van der Waals surface area contributed by atoms with Crippen LogP contribution in [0.4, 0.5) is 0 Å². The Bertz CT molecular complexity index is 642. The maximum absolute atomic E-state index is 5.53. The van der Waals surface area contributed by atoms with Gasteiger partial charge in [0, 0.05) is 0 Å². The fourth-order valence-electron chi connectivity index (χ4n) is 3.95. The Balaban J connectivity index is 1.88. The van der Waals surface area contributed by atoms with Crippen molar-refractivity contribution < 1.29 is 18.9 Å². The van der Waals surface area contributed by atoms with E-state index in [0.29, 0.717) is 35.4 Å². The van der Waals surface area contributed by atoms with Gasteiger partial charge < -0.3 is 18.9 Å². The minimum atomic E-state index is -0.0781. The highest BCUT2D eigenvalue weighted by atomic mass is 16.5. The number of nitrogens with zero attached hydrogens (tertiary/aromatic N) is 4. The van der Waals surface area contributed by atoms with Crippen LogP contribution in [0.5, 0.6) is 0 Å². The second kappa shape index (κ2) is 12.1. The van der Waals surface area contributed by atoms with Gasteiger partial charge in [-0.15, -0.1) is 0 Å². The highest BCUT2D eigenvalue weighted by molar-refractivity contribution is 5.94. The number of unbranched alkanes of at least 4 members (excludes halogenated alkanes) is 2. The number of hydrogen-bond acceptors (Lipinski definition) is 8.